The number of benzene rings is 1. The molecule has 1 aromatic heterocycles. The van der Waals surface area contributed by atoms with Crippen molar-refractivity contribution in [2.45, 2.75) is 31.6 Å². The zero-order chi connectivity index (χ0) is 21.6. The molecule has 5 nitrogen and oxygen atoms in total. The molecule has 1 fully saturated rings. The molecule has 4 rings (SSSR count). The van der Waals surface area contributed by atoms with Gasteiger partial charge in [0, 0.05) is 43.4 Å². The van der Waals surface area contributed by atoms with Gasteiger partial charge in [0.05, 0.1) is 11.1 Å². The standard InChI is InChI=1S/C22H24F3N3O2/c1-26(2)12-15-7-8-19-16-9-14(11-28(19)20(15)29)10-27(13-16)21(30)17-5-3-4-6-18(17)22(23,24)25/h3-8,14,16H,9-13H2,1-2H3/t14-,16+/m0/s1. The summed E-state index contributed by atoms with van der Waals surface area (Å²) in [7, 11) is 3.81. The molecule has 0 unspecified atom stereocenters. The monoisotopic (exact) mass is 419 g/mol. The Labute approximate surface area is 172 Å². The maximum atomic E-state index is 13.4. The summed E-state index contributed by atoms with van der Waals surface area (Å²) in [6.45, 7) is 1.70. The van der Waals surface area contributed by atoms with Crippen LogP contribution in [0.15, 0.2) is 41.2 Å². The predicted molar refractivity (Wildman–Crippen MR) is 106 cm³/mol. The highest BCUT2D eigenvalue weighted by Crippen LogP contribution is 2.37. The highest BCUT2D eigenvalue weighted by molar-refractivity contribution is 5.96. The highest BCUT2D eigenvalue weighted by atomic mass is 19.4. The van der Waals surface area contributed by atoms with Gasteiger partial charge < -0.3 is 14.4 Å². The van der Waals surface area contributed by atoms with Crippen molar-refractivity contribution in [3.63, 3.8) is 0 Å². The van der Waals surface area contributed by atoms with Gasteiger partial charge in [-0.05, 0) is 44.6 Å². The number of halogens is 3. The first-order valence-electron chi connectivity index (χ1n) is 9.98. The van der Waals surface area contributed by atoms with Crippen LogP contribution in [0.4, 0.5) is 13.2 Å². The van der Waals surface area contributed by atoms with Gasteiger partial charge in [0.25, 0.3) is 11.5 Å². The van der Waals surface area contributed by atoms with Crippen molar-refractivity contribution in [3.8, 4) is 0 Å². The normalized spacial score (nSPS) is 20.9. The molecule has 30 heavy (non-hydrogen) atoms. The number of likely N-dealkylation sites (tertiary alicyclic amines) is 1. The Morgan fingerprint density at radius 2 is 1.83 bits per heavy atom. The number of hydrogen-bond acceptors (Lipinski definition) is 3. The minimum atomic E-state index is -4.58. The van der Waals surface area contributed by atoms with Crippen LogP contribution >= 0.6 is 0 Å². The van der Waals surface area contributed by atoms with Crippen molar-refractivity contribution in [2.24, 2.45) is 5.92 Å². The van der Waals surface area contributed by atoms with Gasteiger partial charge in [0.15, 0.2) is 0 Å². The van der Waals surface area contributed by atoms with Crippen molar-refractivity contribution in [1.82, 2.24) is 14.4 Å². The van der Waals surface area contributed by atoms with E-state index in [1.165, 1.54) is 23.1 Å². The summed E-state index contributed by atoms with van der Waals surface area (Å²) in [4.78, 5) is 29.4. The molecule has 2 bridgehead atoms. The second-order valence-electron chi connectivity index (χ2n) is 8.49. The number of nitrogens with zero attached hydrogens (tertiary/aromatic N) is 3. The molecule has 1 amide bonds. The third-order valence-corrected chi connectivity index (χ3v) is 5.92. The number of hydrogen-bond donors (Lipinski definition) is 0. The Hall–Kier alpha value is -2.61. The molecule has 3 heterocycles. The summed E-state index contributed by atoms with van der Waals surface area (Å²) in [6, 6.07) is 8.68. The van der Waals surface area contributed by atoms with Crippen LogP contribution in [0.2, 0.25) is 0 Å². The minimum absolute atomic E-state index is 0.0157. The Balaban J connectivity index is 1.63. The van der Waals surface area contributed by atoms with Gasteiger partial charge in [0.2, 0.25) is 0 Å². The Morgan fingerprint density at radius 3 is 2.53 bits per heavy atom. The number of amides is 1. The SMILES string of the molecule is CN(C)Cc1ccc2n(c1=O)C[C@H]1C[C@@H]2CN(C(=O)c2ccccc2C(F)(F)F)C1. The van der Waals surface area contributed by atoms with Gasteiger partial charge in [-0.1, -0.05) is 18.2 Å². The van der Waals surface area contributed by atoms with Crippen molar-refractivity contribution in [1.29, 1.82) is 0 Å². The van der Waals surface area contributed by atoms with Crippen molar-refractivity contribution in [2.75, 3.05) is 27.2 Å². The van der Waals surface area contributed by atoms with Gasteiger partial charge in [-0.15, -0.1) is 0 Å². The molecule has 0 spiro atoms. The summed E-state index contributed by atoms with van der Waals surface area (Å²) in [5.74, 6) is -0.608. The fraction of sp³-hybridized carbons (Fsp3) is 0.455. The van der Waals surface area contributed by atoms with E-state index in [4.69, 9.17) is 0 Å². The summed E-state index contributed by atoms with van der Waals surface area (Å²) >= 11 is 0. The molecule has 0 saturated carbocycles. The summed E-state index contributed by atoms with van der Waals surface area (Å²) in [5.41, 5.74) is 0.341. The Bertz CT molecular complexity index is 1030. The first kappa shape index (κ1) is 20.7. The zero-order valence-electron chi connectivity index (χ0n) is 16.9. The van der Waals surface area contributed by atoms with Crippen molar-refractivity contribution in [3.05, 3.63) is 69.1 Å². The molecule has 2 atom stereocenters. The number of carbonyl (C=O) groups is 1. The quantitative estimate of drug-likeness (QED) is 0.768. The molecular weight excluding hydrogens is 395 g/mol. The van der Waals surface area contributed by atoms with E-state index in [9.17, 15) is 22.8 Å². The number of alkyl halides is 3. The van der Waals surface area contributed by atoms with Gasteiger partial charge in [-0.3, -0.25) is 9.59 Å². The van der Waals surface area contributed by atoms with E-state index in [2.05, 4.69) is 0 Å². The molecule has 160 valence electrons. The van der Waals surface area contributed by atoms with Gasteiger partial charge in [-0.2, -0.15) is 13.2 Å². The number of carbonyl (C=O) groups excluding carboxylic acids is 1. The van der Waals surface area contributed by atoms with E-state index in [0.717, 1.165) is 23.7 Å². The number of aromatic nitrogens is 1. The lowest BCUT2D eigenvalue weighted by atomic mass is 9.82. The summed E-state index contributed by atoms with van der Waals surface area (Å²) in [6.07, 6.45) is -3.75. The smallest absolute Gasteiger partial charge is 0.338 e. The zero-order valence-corrected chi connectivity index (χ0v) is 16.9. The van der Waals surface area contributed by atoms with E-state index >= 15 is 0 Å². The number of pyridine rings is 1. The van der Waals surface area contributed by atoms with Crippen LogP contribution in [0.5, 0.6) is 0 Å². The average Bonchev–Trinajstić information content (AvgIpc) is 2.69. The molecule has 2 aromatic rings. The Kier molecular flexibility index (Phi) is 5.22. The topological polar surface area (TPSA) is 45.6 Å². The second kappa shape index (κ2) is 7.58. The molecule has 2 aliphatic heterocycles. The van der Waals surface area contributed by atoms with E-state index < -0.39 is 17.6 Å². The molecular formula is C22H24F3N3O2. The van der Waals surface area contributed by atoms with Gasteiger partial charge in [0.1, 0.15) is 0 Å². The highest BCUT2D eigenvalue weighted by Gasteiger charge is 2.40. The van der Waals surface area contributed by atoms with Crippen LogP contribution in [0, 0.1) is 5.92 Å². The predicted octanol–water partition coefficient (Wildman–Crippen LogP) is 3.19. The van der Waals surface area contributed by atoms with Crippen LogP contribution in [0.3, 0.4) is 0 Å². The maximum Gasteiger partial charge on any atom is 0.417 e. The van der Waals surface area contributed by atoms with Crippen LogP contribution in [-0.4, -0.2) is 47.5 Å². The summed E-state index contributed by atoms with van der Waals surface area (Å²) < 4.78 is 41.9. The third kappa shape index (κ3) is 3.76. The van der Waals surface area contributed by atoms with Gasteiger partial charge in [-0.25, -0.2) is 0 Å². The molecule has 1 saturated heterocycles. The molecule has 0 N–H and O–H groups in total. The molecule has 2 aliphatic rings. The van der Waals surface area contributed by atoms with Crippen molar-refractivity contribution < 1.29 is 18.0 Å². The lowest BCUT2D eigenvalue weighted by Gasteiger charge is -2.43. The van der Waals surface area contributed by atoms with Crippen LogP contribution in [-0.2, 0) is 19.3 Å². The van der Waals surface area contributed by atoms with E-state index in [-0.39, 0.29) is 23.0 Å². The maximum absolute atomic E-state index is 13.4. The number of rotatable bonds is 3. The first-order valence-corrected chi connectivity index (χ1v) is 9.98. The molecule has 1 aromatic carbocycles. The van der Waals surface area contributed by atoms with Crippen molar-refractivity contribution >= 4 is 5.91 Å². The summed E-state index contributed by atoms with van der Waals surface area (Å²) in [5, 5.41) is 0. The van der Waals surface area contributed by atoms with Crippen LogP contribution < -0.4 is 5.56 Å². The Morgan fingerprint density at radius 1 is 1.10 bits per heavy atom. The fourth-order valence-electron chi connectivity index (χ4n) is 4.71. The van der Waals surface area contributed by atoms with Gasteiger partial charge >= 0.3 is 6.18 Å². The third-order valence-electron chi connectivity index (χ3n) is 5.92. The minimum Gasteiger partial charge on any atom is -0.338 e. The molecule has 0 aliphatic carbocycles. The lowest BCUT2D eigenvalue weighted by molar-refractivity contribution is -0.138. The van der Waals surface area contributed by atoms with E-state index in [1.54, 1.807) is 4.57 Å². The van der Waals surface area contributed by atoms with Crippen LogP contribution in [0.25, 0.3) is 0 Å². The second-order valence-corrected chi connectivity index (χ2v) is 8.49. The first-order chi connectivity index (χ1) is 14.1. The molecule has 8 heteroatoms. The molecule has 0 radical (unpaired) electrons. The number of fused-ring (bicyclic) bond motifs is 4. The van der Waals surface area contributed by atoms with E-state index in [0.29, 0.717) is 26.2 Å². The fourth-order valence-corrected chi connectivity index (χ4v) is 4.71. The van der Waals surface area contributed by atoms with E-state index in [1.807, 2.05) is 31.1 Å². The largest absolute Gasteiger partial charge is 0.417 e. The number of piperidine rings is 1. The lowest BCUT2D eigenvalue weighted by Crippen LogP contribution is -2.49. The van der Waals surface area contributed by atoms with Crippen LogP contribution in [0.1, 0.15) is 39.5 Å². The average molecular weight is 419 g/mol.